The van der Waals surface area contributed by atoms with Crippen LogP contribution >= 0.6 is 11.6 Å². The summed E-state index contributed by atoms with van der Waals surface area (Å²) in [6.07, 6.45) is -0.0372. The molecule has 0 aliphatic rings. The Morgan fingerprint density at radius 2 is 2.10 bits per heavy atom. The minimum atomic E-state index is -0.669. The molecule has 3 rings (SSSR count). The molecule has 3 aromatic rings. The van der Waals surface area contributed by atoms with Crippen molar-refractivity contribution in [2.24, 2.45) is 0 Å². The Balaban J connectivity index is 2.06. The first-order chi connectivity index (χ1) is 13.9. The van der Waals surface area contributed by atoms with Crippen LogP contribution in [0, 0.1) is 6.92 Å². The fourth-order valence-electron chi connectivity index (χ4n) is 2.78. The Morgan fingerprint density at radius 1 is 1.31 bits per heavy atom. The highest BCUT2D eigenvalue weighted by Crippen LogP contribution is 2.33. The lowest BCUT2D eigenvalue weighted by atomic mass is 10.0. The fourth-order valence-corrected chi connectivity index (χ4v) is 3.13. The molecule has 0 spiro atoms. The predicted octanol–water partition coefficient (Wildman–Crippen LogP) is 3.32. The molecule has 0 saturated carbocycles. The van der Waals surface area contributed by atoms with E-state index in [1.54, 1.807) is 23.7 Å². The number of aliphatic hydroxyl groups is 1. The van der Waals surface area contributed by atoms with Gasteiger partial charge in [-0.1, -0.05) is 30.7 Å². The number of ether oxygens (including phenoxy) is 1. The van der Waals surface area contributed by atoms with E-state index in [1.165, 1.54) is 0 Å². The van der Waals surface area contributed by atoms with Crippen LogP contribution in [0.2, 0.25) is 5.02 Å². The number of halogens is 1. The van der Waals surface area contributed by atoms with E-state index in [0.717, 1.165) is 16.7 Å². The second kappa shape index (κ2) is 9.02. The number of hydrogen-bond donors (Lipinski definition) is 2. The molecule has 0 bridgehead atoms. The number of aliphatic hydroxyl groups excluding tert-OH is 1. The van der Waals surface area contributed by atoms with E-state index >= 15 is 0 Å². The standard InChI is InChI=1S/C20H22ClN5O3/c1-4-19-23-24-25-26(19)15-8-14(17-6-5-12(2)7-18(17)21)9-16(10-15)29-20(28)22-13(3)11-27/h5-10,13,27H,4,11H2,1-3H3,(H,22,28)/t13-/m0/s1. The molecule has 2 N–H and O–H groups in total. The van der Waals surface area contributed by atoms with E-state index in [-0.39, 0.29) is 6.61 Å². The number of nitrogens with one attached hydrogen (secondary N) is 1. The number of nitrogens with zero attached hydrogens (tertiary/aromatic N) is 4. The molecule has 9 heteroatoms. The van der Waals surface area contributed by atoms with Crippen LogP contribution in [-0.2, 0) is 6.42 Å². The average Bonchev–Trinajstić information content (AvgIpc) is 3.16. The first kappa shape index (κ1) is 20.8. The summed E-state index contributed by atoms with van der Waals surface area (Å²) >= 11 is 6.45. The minimum absolute atomic E-state index is 0.191. The SMILES string of the molecule is CCc1nnnn1-c1cc(OC(=O)N[C@@H](C)CO)cc(-c2ccc(C)cc2Cl)c1. The van der Waals surface area contributed by atoms with Gasteiger partial charge in [-0.25, -0.2) is 4.79 Å². The highest BCUT2D eigenvalue weighted by atomic mass is 35.5. The molecular weight excluding hydrogens is 394 g/mol. The van der Waals surface area contributed by atoms with Gasteiger partial charge in [0, 0.05) is 23.1 Å². The summed E-state index contributed by atoms with van der Waals surface area (Å²) in [5.41, 5.74) is 3.22. The molecule has 1 aromatic heterocycles. The van der Waals surface area contributed by atoms with Gasteiger partial charge in [-0.3, -0.25) is 0 Å². The summed E-state index contributed by atoms with van der Waals surface area (Å²) in [7, 11) is 0. The zero-order chi connectivity index (χ0) is 21.0. The highest BCUT2D eigenvalue weighted by Gasteiger charge is 2.15. The zero-order valence-electron chi connectivity index (χ0n) is 16.4. The number of aromatic nitrogens is 4. The Bertz CT molecular complexity index is 1020. The van der Waals surface area contributed by atoms with Crippen LogP contribution in [0.4, 0.5) is 4.79 Å². The molecule has 1 heterocycles. The van der Waals surface area contributed by atoms with Gasteiger partial charge in [0.05, 0.1) is 18.3 Å². The van der Waals surface area contributed by atoms with Crippen molar-refractivity contribution >= 4 is 17.7 Å². The quantitative estimate of drug-likeness (QED) is 0.640. The average molecular weight is 416 g/mol. The Kier molecular flexibility index (Phi) is 6.46. The maximum Gasteiger partial charge on any atom is 0.412 e. The van der Waals surface area contributed by atoms with Crippen LogP contribution < -0.4 is 10.1 Å². The van der Waals surface area contributed by atoms with E-state index in [1.807, 2.05) is 38.1 Å². The Morgan fingerprint density at radius 3 is 2.79 bits per heavy atom. The van der Waals surface area contributed by atoms with Crippen molar-refractivity contribution in [3.63, 3.8) is 0 Å². The van der Waals surface area contributed by atoms with E-state index in [9.17, 15) is 4.79 Å². The first-order valence-electron chi connectivity index (χ1n) is 9.19. The molecule has 1 amide bonds. The minimum Gasteiger partial charge on any atom is -0.410 e. The number of carbonyl (C=O) groups is 1. The van der Waals surface area contributed by atoms with Gasteiger partial charge in [-0.05, 0) is 53.6 Å². The van der Waals surface area contributed by atoms with Gasteiger partial charge in [0.25, 0.3) is 0 Å². The number of amides is 1. The predicted molar refractivity (Wildman–Crippen MR) is 109 cm³/mol. The lowest BCUT2D eigenvalue weighted by Crippen LogP contribution is -2.37. The van der Waals surface area contributed by atoms with E-state index in [4.69, 9.17) is 21.4 Å². The molecule has 0 aliphatic carbocycles. The topological polar surface area (TPSA) is 102 Å². The third-order valence-corrected chi connectivity index (χ3v) is 4.58. The van der Waals surface area contributed by atoms with Crippen LogP contribution in [0.5, 0.6) is 5.75 Å². The molecule has 1 atom stereocenters. The molecule has 29 heavy (non-hydrogen) atoms. The number of hydrogen-bond acceptors (Lipinski definition) is 6. The van der Waals surface area contributed by atoms with Gasteiger partial charge < -0.3 is 15.2 Å². The molecule has 0 radical (unpaired) electrons. The summed E-state index contributed by atoms with van der Waals surface area (Å²) in [4.78, 5) is 12.1. The monoisotopic (exact) mass is 415 g/mol. The molecule has 152 valence electrons. The molecule has 8 nitrogen and oxygen atoms in total. The molecule has 0 unspecified atom stereocenters. The lowest BCUT2D eigenvalue weighted by molar-refractivity contribution is 0.186. The number of benzene rings is 2. The van der Waals surface area contributed by atoms with Crippen molar-refractivity contribution < 1.29 is 14.6 Å². The van der Waals surface area contributed by atoms with Gasteiger partial charge in [0.1, 0.15) is 5.75 Å². The Hall–Kier alpha value is -2.97. The first-order valence-corrected chi connectivity index (χ1v) is 9.57. The van der Waals surface area contributed by atoms with Crippen LogP contribution in [0.3, 0.4) is 0 Å². The number of tetrazole rings is 1. The van der Waals surface area contributed by atoms with Crippen molar-refractivity contribution in [1.82, 2.24) is 25.5 Å². The molecule has 0 saturated heterocycles. The third kappa shape index (κ3) is 4.90. The largest absolute Gasteiger partial charge is 0.412 e. The Labute approximate surface area is 173 Å². The maximum atomic E-state index is 12.1. The fraction of sp³-hybridized carbons (Fsp3) is 0.300. The van der Waals surface area contributed by atoms with Crippen LogP contribution in [0.25, 0.3) is 16.8 Å². The summed E-state index contributed by atoms with van der Waals surface area (Å²) in [5.74, 6) is 0.968. The van der Waals surface area contributed by atoms with E-state index in [0.29, 0.717) is 28.7 Å². The summed E-state index contributed by atoms with van der Waals surface area (Å²) in [6.45, 7) is 5.39. The second-order valence-corrected chi connectivity index (χ2v) is 7.08. The molecule has 0 aliphatic heterocycles. The summed E-state index contributed by atoms with van der Waals surface area (Å²) in [5, 5.41) is 24.0. The smallest absolute Gasteiger partial charge is 0.410 e. The second-order valence-electron chi connectivity index (χ2n) is 6.68. The lowest BCUT2D eigenvalue weighted by Gasteiger charge is -2.14. The normalized spacial score (nSPS) is 11.9. The van der Waals surface area contributed by atoms with Gasteiger partial charge in [0.15, 0.2) is 5.82 Å². The van der Waals surface area contributed by atoms with Crippen molar-refractivity contribution in [3.05, 3.63) is 52.8 Å². The summed E-state index contributed by atoms with van der Waals surface area (Å²) < 4.78 is 7.03. The van der Waals surface area contributed by atoms with Crippen molar-refractivity contribution in [2.45, 2.75) is 33.2 Å². The van der Waals surface area contributed by atoms with Crippen LogP contribution in [-0.4, -0.2) is 44.1 Å². The maximum absolute atomic E-state index is 12.1. The van der Waals surface area contributed by atoms with Gasteiger partial charge in [0.2, 0.25) is 0 Å². The van der Waals surface area contributed by atoms with Crippen molar-refractivity contribution in [1.29, 1.82) is 0 Å². The van der Waals surface area contributed by atoms with Gasteiger partial charge in [-0.15, -0.1) is 5.10 Å². The zero-order valence-corrected chi connectivity index (χ0v) is 17.1. The van der Waals surface area contributed by atoms with Gasteiger partial charge >= 0.3 is 6.09 Å². The number of rotatable bonds is 6. The van der Waals surface area contributed by atoms with Crippen LogP contribution in [0.1, 0.15) is 25.2 Å². The highest BCUT2D eigenvalue weighted by molar-refractivity contribution is 6.33. The van der Waals surface area contributed by atoms with Crippen molar-refractivity contribution in [3.8, 4) is 22.6 Å². The summed E-state index contributed by atoms with van der Waals surface area (Å²) in [6, 6.07) is 10.6. The van der Waals surface area contributed by atoms with Gasteiger partial charge in [-0.2, -0.15) is 4.68 Å². The van der Waals surface area contributed by atoms with Crippen molar-refractivity contribution in [2.75, 3.05) is 6.61 Å². The van der Waals surface area contributed by atoms with Crippen LogP contribution in [0.15, 0.2) is 36.4 Å². The molecular formula is C20H22ClN5O3. The number of carbonyl (C=O) groups excluding carboxylic acids is 1. The molecule has 0 fully saturated rings. The third-order valence-electron chi connectivity index (χ3n) is 4.27. The van der Waals surface area contributed by atoms with E-state index < -0.39 is 12.1 Å². The molecule has 2 aromatic carbocycles. The van der Waals surface area contributed by atoms with E-state index in [2.05, 4.69) is 20.8 Å². The number of aryl methyl sites for hydroxylation is 2.